The first-order valence-corrected chi connectivity index (χ1v) is 19.0. The van der Waals surface area contributed by atoms with Gasteiger partial charge in [-0.25, -0.2) is 9.18 Å². The van der Waals surface area contributed by atoms with Crippen LogP contribution in [-0.2, 0) is 20.8 Å². The molecule has 1 atom stereocenters. The zero-order valence-electron chi connectivity index (χ0n) is 27.1. The van der Waals surface area contributed by atoms with Gasteiger partial charge >= 0.3 is 5.97 Å². The fourth-order valence-electron chi connectivity index (χ4n) is 4.42. The molecule has 46 heavy (non-hydrogen) atoms. The summed E-state index contributed by atoms with van der Waals surface area (Å²) < 4.78 is 35.9. The number of ether oxygens (including phenoxy) is 4. The van der Waals surface area contributed by atoms with Gasteiger partial charge in [0.15, 0.2) is 12.7 Å². The highest BCUT2D eigenvalue weighted by atomic mass is 28.3. The van der Waals surface area contributed by atoms with Crippen LogP contribution in [0.15, 0.2) is 102 Å². The van der Waals surface area contributed by atoms with Crippen LogP contribution in [0.5, 0.6) is 17.2 Å². The van der Waals surface area contributed by atoms with E-state index < -0.39 is 20.1 Å². The number of carbonyl (C=O) groups is 1. The number of carbonyl (C=O) groups excluding carboxylic acids is 1. The van der Waals surface area contributed by atoms with Crippen molar-refractivity contribution >= 4 is 19.8 Å². The number of benzene rings is 4. The van der Waals surface area contributed by atoms with E-state index in [9.17, 15) is 9.18 Å². The summed E-state index contributed by atoms with van der Waals surface area (Å²) in [7, 11) is 0.290. The number of oxime groups is 1. The average molecular weight is 644 g/mol. The molecule has 0 unspecified atom stereocenters. The summed E-state index contributed by atoms with van der Waals surface area (Å²) in [4.78, 5) is 18.4. The summed E-state index contributed by atoms with van der Waals surface area (Å²) >= 11 is 0. The first kappa shape index (κ1) is 34.2. The van der Waals surface area contributed by atoms with Crippen molar-refractivity contribution in [3.05, 3.63) is 114 Å². The number of hydrogen-bond donors (Lipinski definition) is 0. The van der Waals surface area contributed by atoms with Crippen molar-refractivity contribution in [2.24, 2.45) is 5.16 Å². The molecule has 7 nitrogen and oxygen atoms in total. The fourth-order valence-corrected chi connectivity index (χ4v) is 5.13. The van der Waals surface area contributed by atoms with E-state index in [2.05, 4.69) is 36.9 Å². The van der Waals surface area contributed by atoms with Gasteiger partial charge in [0.25, 0.3) is 0 Å². The molecule has 0 bridgehead atoms. The molecule has 0 heterocycles. The van der Waals surface area contributed by atoms with Gasteiger partial charge in [-0.05, 0) is 83.8 Å². The number of methoxy groups -OCH3 is 1. The zero-order chi connectivity index (χ0) is 32.9. The van der Waals surface area contributed by atoms with Crippen molar-refractivity contribution in [2.75, 3.05) is 26.9 Å². The highest BCUT2D eigenvalue weighted by molar-refractivity contribution is 6.76. The first-order valence-electron chi connectivity index (χ1n) is 15.3. The summed E-state index contributed by atoms with van der Waals surface area (Å²) in [6.45, 7) is 9.52. The van der Waals surface area contributed by atoms with Gasteiger partial charge in [-0.2, -0.15) is 0 Å². The molecule has 4 rings (SSSR count). The maximum absolute atomic E-state index is 13.4. The molecule has 0 N–H and O–H groups in total. The molecular weight excluding hydrogens is 601 g/mol. The lowest BCUT2D eigenvalue weighted by molar-refractivity contribution is -0.151. The SMILES string of the molecule is COc1ccc(-c2ccc(C(C)=NOCCOc3ccc(C[C@H](Oc4ccc(F)cc4)C(=O)OCC[Si](C)(C)C)cc3)cc2)cc1. The van der Waals surface area contributed by atoms with E-state index in [-0.39, 0.29) is 12.4 Å². The second-order valence-corrected chi connectivity index (χ2v) is 17.7. The second kappa shape index (κ2) is 16.6. The Balaban J connectivity index is 1.25. The Morgan fingerprint density at radius 2 is 1.35 bits per heavy atom. The van der Waals surface area contributed by atoms with Crippen LogP contribution >= 0.6 is 0 Å². The number of hydrogen-bond acceptors (Lipinski definition) is 7. The van der Waals surface area contributed by atoms with E-state index in [1.54, 1.807) is 7.11 Å². The number of rotatable bonds is 16. The monoisotopic (exact) mass is 643 g/mol. The molecule has 0 amide bonds. The highest BCUT2D eigenvalue weighted by Crippen LogP contribution is 2.23. The van der Waals surface area contributed by atoms with Crippen molar-refractivity contribution in [3.8, 4) is 28.4 Å². The average Bonchev–Trinajstić information content (AvgIpc) is 3.05. The lowest BCUT2D eigenvalue weighted by Crippen LogP contribution is -2.33. The van der Waals surface area contributed by atoms with Gasteiger partial charge in [-0.1, -0.05) is 73.3 Å². The molecule has 0 radical (unpaired) electrons. The van der Waals surface area contributed by atoms with Crippen LogP contribution < -0.4 is 14.2 Å². The van der Waals surface area contributed by atoms with E-state index in [1.165, 1.54) is 24.3 Å². The summed E-state index contributed by atoms with van der Waals surface area (Å²) in [6, 6.07) is 30.0. The van der Waals surface area contributed by atoms with Crippen LogP contribution in [0.25, 0.3) is 11.1 Å². The molecule has 0 aromatic heterocycles. The first-order chi connectivity index (χ1) is 22.1. The molecule has 242 valence electrons. The molecule has 0 fully saturated rings. The van der Waals surface area contributed by atoms with E-state index in [4.69, 9.17) is 23.8 Å². The smallest absolute Gasteiger partial charge is 0.347 e. The number of esters is 1. The van der Waals surface area contributed by atoms with E-state index in [0.29, 0.717) is 31.1 Å². The maximum atomic E-state index is 13.4. The Hall–Kier alpha value is -4.63. The van der Waals surface area contributed by atoms with Crippen LogP contribution in [0.2, 0.25) is 25.7 Å². The minimum absolute atomic E-state index is 0.278. The predicted molar refractivity (Wildman–Crippen MR) is 182 cm³/mol. The second-order valence-electron chi connectivity index (χ2n) is 12.1. The minimum atomic E-state index is -1.37. The Morgan fingerprint density at radius 3 is 1.96 bits per heavy atom. The highest BCUT2D eigenvalue weighted by Gasteiger charge is 2.24. The molecule has 4 aromatic rings. The molecule has 0 saturated carbocycles. The Morgan fingerprint density at radius 1 is 0.761 bits per heavy atom. The van der Waals surface area contributed by atoms with Gasteiger partial charge in [0.1, 0.15) is 29.7 Å². The summed E-state index contributed by atoms with van der Waals surface area (Å²) in [5.74, 6) is 1.07. The molecule has 0 aliphatic carbocycles. The third-order valence-corrected chi connectivity index (χ3v) is 8.87. The van der Waals surface area contributed by atoms with Crippen molar-refractivity contribution in [1.29, 1.82) is 0 Å². The van der Waals surface area contributed by atoms with Crippen molar-refractivity contribution in [2.45, 2.75) is 45.1 Å². The van der Waals surface area contributed by atoms with Gasteiger partial charge < -0.3 is 23.8 Å². The normalized spacial score (nSPS) is 12.3. The molecular formula is C37H42FNO6Si. The van der Waals surface area contributed by atoms with Gasteiger partial charge in [0.05, 0.1) is 19.4 Å². The third kappa shape index (κ3) is 11.1. The van der Waals surface area contributed by atoms with Crippen molar-refractivity contribution in [1.82, 2.24) is 0 Å². The van der Waals surface area contributed by atoms with Crippen LogP contribution in [0.1, 0.15) is 18.1 Å². The van der Waals surface area contributed by atoms with Crippen LogP contribution in [-0.4, -0.2) is 52.8 Å². The predicted octanol–water partition coefficient (Wildman–Crippen LogP) is 8.19. The van der Waals surface area contributed by atoms with E-state index >= 15 is 0 Å². The molecule has 0 saturated heterocycles. The lowest BCUT2D eigenvalue weighted by atomic mass is 10.0. The quantitative estimate of drug-likeness (QED) is 0.0403. The third-order valence-electron chi connectivity index (χ3n) is 7.17. The van der Waals surface area contributed by atoms with Gasteiger partial charge in [0, 0.05) is 14.5 Å². The topological polar surface area (TPSA) is 75.6 Å². The zero-order valence-corrected chi connectivity index (χ0v) is 28.1. The lowest BCUT2D eigenvalue weighted by Gasteiger charge is -2.20. The van der Waals surface area contributed by atoms with Gasteiger partial charge in [-0.3, -0.25) is 0 Å². The molecule has 0 spiro atoms. The maximum Gasteiger partial charge on any atom is 0.347 e. The summed E-state index contributed by atoms with van der Waals surface area (Å²) in [5.41, 5.74) is 4.82. The van der Waals surface area contributed by atoms with Gasteiger partial charge in [0.2, 0.25) is 0 Å². The Bertz CT molecular complexity index is 1550. The molecule has 0 aliphatic heterocycles. The largest absolute Gasteiger partial charge is 0.497 e. The van der Waals surface area contributed by atoms with Crippen molar-refractivity contribution in [3.63, 3.8) is 0 Å². The van der Waals surface area contributed by atoms with E-state index in [0.717, 1.165) is 39.8 Å². The van der Waals surface area contributed by atoms with Crippen LogP contribution in [0.4, 0.5) is 4.39 Å². The van der Waals surface area contributed by atoms with E-state index in [1.807, 2.05) is 67.6 Å². The minimum Gasteiger partial charge on any atom is -0.497 e. The summed E-state index contributed by atoms with van der Waals surface area (Å²) in [6.07, 6.45) is -0.575. The summed E-state index contributed by atoms with van der Waals surface area (Å²) in [5, 5.41) is 4.23. The Labute approximate surface area is 271 Å². The fraction of sp³-hybridized carbons (Fsp3) is 0.297. The van der Waals surface area contributed by atoms with Gasteiger partial charge in [-0.15, -0.1) is 0 Å². The molecule has 0 aliphatic rings. The Kier molecular flexibility index (Phi) is 12.4. The number of halogens is 1. The van der Waals surface area contributed by atoms with Crippen LogP contribution in [0.3, 0.4) is 0 Å². The van der Waals surface area contributed by atoms with Crippen molar-refractivity contribution < 1.29 is 33.0 Å². The number of nitrogens with zero attached hydrogens (tertiary/aromatic N) is 1. The molecule has 9 heteroatoms. The van der Waals surface area contributed by atoms with Crippen LogP contribution in [0, 0.1) is 5.82 Å². The standard InChI is InChI=1S/C37H42FNO6Si/c1-27(29-8-10-30(11-9-29)31-12-18-33(41-2)19-13-31)39-44-23-22-42-34-16-6-28(7-17-34)26-36(37(40)43-24-25-46(3,4)5)45-35-20-14-32(38)15-21-35/h6-21,36H,22-26H2,1-5H3/t36-/m0/s1. The molecule has 4 aromatic carbocycles.